The third-order valence-corrected chi connectivity index (χ3v) is 17.7. The van der Waals surface area contributed by atoms with Gasteiger partial charge in [-0.15, -0.1) is 0 Å². The Balaban J connectivity index is 1.26. The summed E-state index contributed by atoms with van der Waals surface area (Å²) in [6, 6.07) is 5.55. The van der Waals surface area contributed by atoms with Gasteiger partial charge >= 0.3 is 0 Å². The van der Waals surface area contributed by atoms with Crippen molar-refractivity contribution in [2.75, 3.05) is 26.4 Å². The highest BCUT2D eigenvalue weighted by atomic mass is 35.5. The molecule has 5 heterocycles. The van der Waals surface area contributed by atoms with E-state index in [1.807, 2.05) is 0 Å². The minimum absolute atomic E-state index is 0.00982. The number of hydrogen-bond donors (Lipinski definition) is 18. The number of fused-ring (bicyclic) bond motifs is 8. The van der Waals surface area contributed by atoms with Gasteiger partial charge in [0, 0.05) is 36.7 Å². The summed E-state index contributed by atoms with van der Waals surface area (Å²) in [6.07, 6.45) is -11.7. The number of benzene rings is 5. The largest absolute Gasteiger partial charge is 0.508 e. The van der Waals surface area contributed by atoms with E-state index in [2.05, 4.69) is 33.5 Å². The molecule has 0 aromatic heterocycles. The summed E-state index contributed by atoms with van der Waals surface area (Å²) in [5, 5.41) is 135. The van der Waals surface area contributed by atoms with Gasteiger partial charge in [-0.2, -0.15) is 0 Å². The van der Waals surface area contributed by atoms with Crippen molar-refractivity contribution >= 4 is 52.7 Å². The van der Waals surface area contributed by atoms with Crippen LogP contribution in [0.15, 0.2) is 78.9 Å². The van der Waals surface area contributed by atoms with Crippen molar-refractivity contribution in [1.82, 2.24) is 26.6 Å². The molecule has 31 heteroatoms. The van der Waals surface area contributed by atoms with Crippen molar-refractivity contribution in [3.63, 3.8) is 0 Å². The minimum atomic E-state index is -2.23. The van der Waals surface area contributed by atoms with Crippen LogP contribution >= 0.6 is 23.2 Å². The molecule has 0 saturated carbocycles. The maximum atomic E-state index is 16.1. The number of ether oxygens (including phenoxy) is 6. The predicted molar refractivity (Wildman–Crippen MR) is 345 cm³/mol. The van der Waals surface area contributed by atoms with Gasteiger partial charge in [0.1, 0.15) is 108 Å². The lowest BCUT2D eigenvalue weighted by Crippen LogP contribution is -2.65. The van der Waals surface area contributed by atoms with E-state index >= 15 is 19.2 Å². The summed E-state index contributed by atoms with van der Waals surface area (Å²) in [4.78, 5) is 75.2. The Hall–Kier alpha value is -7.69. The fraction of sp³-hybridized carbons (Fsp3) is 0.470. The second-order valence-corrected chi connectivity index (χ2v) is 25.1. The smallest absolute Gasteiger partial charge is 0.247 e. The van der Waals surface area contributed by atoms with Crippen LogP contribution in [0.25, 0.3) is 11.1 Å². The molecule has 97 heavy (non-hydrogen) atoms. The zero-order valence-corrected chi connectivity index (χ0v) is 54.3. The number of amides is 5. The van der Waals surface area contributed by atoms with Crippen LogP contribution < -0.4 is 52.3 Å². The Morgan fingerprint density at radius 1 is 0.670 bits per heavy atom. The number of aliphatic hydroxyl groups excluding tert-OH is 8. The molecule has 0 spiro atoms. The number of carbonyl (C=O) groups excluding carboxylic acids is 5. The lowest BCUT2D eigenvalue weighted by molar-refractivity contribution is -0.284. The highest BCUT2D eigenvalue weighted by Gasteiger charge is 2.50. The average molecular weight is 1400 g/mol. The molecule has 5 aliphatic heterocycles. The molecule has 0 radical (unpaired) electrons. The first-order valence-electron chi connectivity index (χ1n) is 31.7. The van der Waals surface area contributed by atoms with Gasteiger partial charge < -0.3 is 123 Å². The van der Waals surface area contributed by atoms with Crippen molar-refractivity contribution in [3.8, 4) is 57.1 Å². The molecule has 2 fully saturated rings. The van der Waals surface area contributed by atoms with E-state index in [1.54, 1.807) is 6.07 Å². The summed E-state index contributed by atoms with van der Waals surface area (Å²) < 4.78 is 37.1. The molecule has 29 nitrogen and oxygen atoms in total. The van der Waals surface area contributed by atoms with Gasteiger partial charge in [0.05, 0.1) is 29.9 Å². The molecule has 5 amide bonds. The van der Waals surface area contributed by atoms with Crippen LogP contribution in [0.4, 0.5) is 0 Å². The lowest BCUT2D eigenvalue weighted by Gasteiger charge is -2.44. The van der Waals surface area contributed by atoms with Crippen molar-refractivity contribution in [1.29, 1.82) is 0 Å². The normalized spacial score (nSPS) is 26.8. The number of nitrogens with one attached hydrogen (secondary N) is 5. The molecule has 16 atom stereocenters. The van der Waals surface area contributed by atoms with Gasteiger partial charge in [-0.25, -0.2) is 0 Å². The summed E-state index contributed by atoms with van der Waals surface area (Å²) in [5.41, 5.74) is 11.8. The fourth-order valence-corrected chi connectivity index (χ4v) is 12.4. The third-order valence-electron chi connectivity index (χ3n) is 17.1. The van der Waals surface area contributed by atoms with Gasteiger partial charge in [-0.1, -0.05) is 93.3 Å². The highest BCUT2D eigenvalue weighted by molar-refractivity contribution is 6.32. The molecule has 5 aromatic carbocycles. The first-order valence-corrected chi connectivity index (χ1v) is 32.4. The SMILES string of the molecule is CCCCCCCCCCNC(=O)[C@H]1NC(=O)[C@H]2NC(=O)[C@H](NC(=O)[C@H](N)c3cc(Oc4ccc(C[C@@H](N)CO)cc4Cl)c(O)c(c3)Oc3ccc(cc3Cl)[C@H]2O[C@@H]2O[C@H](CO)[C@@H](O)[C@H](O)[C@H]2NC(C)=O)c2ccc(O)c(c2)-c2c(O[C@@H]3O[C@H](CO)[C@@H](O)[C@H](O)[C@H]3O)cc(O)cc21. The number of hydrogen-bond acceptors (Lipinski definition) is 24. The number of nitrogens with two attached hydrogens (primary N) is 2. The molecule has 5 aromatic rings. The number of carbonyl (C=O) groups is 5. The topological polar surface area (TPSA) is 475 Å². The summed E-state index contributed by atoms with van der Waals surface area (Å²) in [6.45, 7) is 1.01. The first-order chi connectivity index (χ1) is 46.3. The molecular formula is C66H81Cl2N7O22. The van der Waals surface area contributed by atoms with Crippen LogP contribution in [0.5, 0.6) is 46.0 Å². The molecule has 0 aliphatic carbocycles. The third kappa shape index (κ3) is 17.1. The van der Waals surface area contributed by atoms with E-state index in [9.17, 15) is 61.0 Å². The zero-order chi connectivity index (χ0) is 70.1. The van der Waals surface area contributed by atoms with E-state index in [0.717, 1.165) is 63.6 Å². The number of halogens is 2. The van der Waals surface area contributed by atoms with Crippen molar-refractivity contribution in [2.24, 2.45) is 11.5 Å². The number of rotatable bonds is 22. The number of unbranched alkanes of at least 4 members (excludes halogenated alkanes) is 7. The zero-order valence-electron chi connectivity index (χ0n) is 52.8. The van der Waals surface area contributed by atoms with Crippen molar-refractivity contribution in [3.05, 3.63) is 117 Å². The van der Waals surface area contributed by atoms with Crippen molar-refractivity contribution < 1.29 is 109 Å². The number of phenolic OH excluding ortho intramolecular Hbond substituents is 3. The van der Waals surface area contributed by atoms with Gasteiger partial charge in [-0.05, 0) is 95.3 Å². The molecular weight excluding hydrogens is 1310 g/mol. The summed E-state index contributed by atoms with van der Waals surface area (Å²) >= 11 is 13.8. The number of aliphatic hydroxyl groups is 8. The highest BCUT2D eigenvalue weighted by Crippen LogP contribution is 2.49. The van der Waals surface area contributed by atoms with Crippen LogP contribution in [0.3, 0.4) is 0 Å². The van der Waals surface area contributed by atoms with E-state index in [0.29, 0.717) is 18.4 Å². The van der Waals surface area contributed by atoms with Crippen LogP contribution in [0.2, 0.25) is 10.0 Å². The van der Waals surface area contributed by atoms with Crippen LogP contribution in [-0.2, 0) is 44.6 Å². The summed E-state index contributed by atoms with van der Waals surface area (Å²) in [5.74, 6) is -9.17. The minimum Gasteiger partial charge on any atom is -0.508 e. The first kappa shape index (κ1) is 73.6. The van der Waals surface area contributed by atoms with Crippen molar-refractivity contribution in [2.45, 2.75) is 169 Å². The van der Waals surface area contributed by atoms with Gasteiger partial charge in [0.25, 0.3) is 0 Å². The second kappa shape index (κ2) is 32.8. The van der Waals surface area contributed by atoms with Gasteiger partial charge in [0.2, 0.25) is 41.6 Å². The molecule has 0 unspecified atom stereocenters. The Morgan fingerprint density at radius 2 is 1.35 bits per heavy atom. The van der Waals surface area contributed by atoms with Gasteiger partial charge in [-0.3, -0.25) is 24.0 Å². The standard InChI is InChI=1S/C66H81Cl2N7O22/c1-3-4-5-6-7-8-9-10-17-71-62(89)51-37-24-35(80)25-43(94-66-59(87)58(86)56(84)47(28-78)96-66)48(37)36-20-31(12-14-40(36)81)50-63(90)75-53(64(91)74-51)60(97-65-52(72-29(2)79)57(85)55(83)46(27-77)95-65)32-13-16-42(39(68)21-32)93-45-23-33(49(70)61(88)73-50)22-44(54(45)82)92-41-15-11-30(19-38(41)67)18-34(69)26-76/h11-16,19-25,34,46-47,49-53,55-60,65-66,76-78,80-87H,3-10,17-18,26-28,69-70H2,1-2H3,(H,71,89)(H,72,79)(H,73,88)(H,74,91)(H,75,90)/t34-,46-,47-,49-,50-,51+,52-,53+,55-,56-,57-,58+,59-,60-,65+,66-/m1/s1. The molecule has 5 aliphatic rings. The summed E-state index contributed by atoms with van der Waals surface area (Å²) in [7, 11) is 0. The monoisotopic (exact) mass is 1390 g/mol. The second-order valence-electron chi connectivity index (χ2n) is 24.3. The Morgan fingerprint density at radius 3 is 2.02 bits per heavy atom. The molecule has 526 valence electrons. The van der Waals surface area contributed by atoms with E-state index in [-0.39, 0.29) is 80.2 Å². The Labute approximate surface area is 566 Å². The van der Waals surface area contributed by atoms with Crippen LogP contribution in [-0.4, -0.2) is 186 Å². The molecule has 8 bridgehead atoms. The average Bonchev–Trinajstić information content (AvgIpc) is 0.754. The van der Waals surface area contributed by atoms with E-state index < -0.39 is 169 Å². The predicted octanol–water partition coefficient (Wildman–Crippen LogP) is 2.19. The molecule has 10 rings (SSSR count). The van der Waals surface area contributed by atoms with Crippen LogP contribution in [0.1, 0.15) is 117 Å². The van der Waals surface area contributed by atoms with Crippen LogP contribution in [0, 0.1) is 0 Å². The maximum Gasteiger partial charge on any atom is 0.247 e. The molecule has 20 N–H and O–H groups in total. The lowest BCUT2D eigenvalue weighted by atomic mass is 9.89. The number of aromatic hydroxyl groups is 3. The quantitative estimate of drug-likeness (QED) is 0.0442. The number of phenols is 3. The maximum absolute atomic E-state index is 16.1. The van der Waals surface area contributed by atoms with E-state index in [4.69, 9.17) is 63.1 Å². The Bertz CT molecular complexity index is 3650. The molecule has 2 saturated heterocycles. The Kier molecular flexibility index (Phi) is 24.9. The van der Waals surface area contributed by atoms with Gasteiger partial charge in [0.15, 0.2) is 17.8 Å². The van der Waals surface area contributed by atoms with E-state index in [1.165, 1.54) is 54.6 Å². The fourth-order valence-electron chi connectivity index (χ4n) is 11.9.